The first-order chi connectivity index (χ1) is 21.4. The van der Waals surface area contributed by atoms with Crippen LogP contribution >= 0.6 is 0 Å². The first-order valence-corrected chi connectivity index (χ1v) is 15.6. The number of hydrogen-bond donors (Lipinski definition) is 1. The van der Waals surface area contributed by atoms with Crippen molar-refractivity contribution in [3.63, 3.8) is 0 Å². The predicted octanol–water partition coefficient (Wildman–Crippen LogP) is 6.36. The minimum Gasteiger partial charge on any atom is -0.494 e. The second-order valence-electron chi connectivity index (χ2n) is 10.5. The van der Waals surface area contributed by atoms with E-state index in [1.54, 1.807) is 48.0 Å². The molecule has 0 bridgehead atoms. The van der Waals surface area contributed by atoms with E-state index in [2.05, 4.69) is 5.32 Å². The third kappa shape index (κ3) is 5.06. The lowest BCUT2D eigenvalue weighted by Crippen LogP contribution is -2.25. The molecule has 0 aliphatic rings. The quantitative estimate of drug-likeness (QED) is 0.220. The Morgan fingerprint density at radius 2 is 1.76 bits per heavy atom. The summed E-state index contributed by atoms with van der Waals surface area (Å²) in [5.41, 5.74) is 3.47. The number of aryl methyl sites for hydroxylation is 1. The molecule has 0 aliphatic heterocycles. The Kier molecular flexibility index (Phi) is 7.32. The van der Waals surface area contributed by atoms with Gasteiger partial charge in [0.25, 0.3) is 5.91 Å². The van der Waals surface area contributed by atoms with E-state index in [9.17, 15) is 22.0 Å². The third-order valence-corrected chi connectivity index (χ3v) is 9.03. The van der Waals surface area contributed by atoms with Gasteiger partial charge in [0.05, 0.1) is 41.5 Å². The number of nitrogens with zero attached hydrogens (tertiary/aromatic N) is 3. The lowest BCUT2D eigenvalue weighted by molar-refractivity contribution is 0.0964. The summed E-state index contributed by atoms with van der Waals surface area (Å²) in [7, 11) is 2.40. The van der Waals surface area contributed by atoms with Crippen LogP contribution in [0.5, 0.6) is 5.75 Å². The van der Waals surface area contributed by atoms with Gasteiger partial charge in [-0.05, 0) is 60.7 Å². The molecular formula is C33H28F2N4O5S. The van der Waals surface area contributed by atoms with Crippen molar-refractivity contribution in [1.82, 2.24) is 14.9 Å². The van der Waals surface area contributed by atoms with Crippen molar-refractivity contribution in [3.8, 4) is 39.7 Å². The normalized spacial score (nSPS) is 11.7. The first-order valence-electron chi connectivity index (χ1n) is 13.7. The fraction of sp³-hybridized carbons (Fsp3) is 0.152. The highest BCUT2D eigenvalue weighted by Gasteiger charge is 2.27. The number of anilines is 1. The van der Waals surface area contributed by atoms with Crippen molar-refractivity contribution in [3.05, 3.63) is 90.0 Å². The monoisotopic (exact) mass is 630 g/mol. The molecule has 45 heavy (non-hydrogen) atoms. The van der Waals surface area contributed by atoms with Crippen LogP contribution in [0.15, 0.2) is 77.2 Å². The van der Waals surface area contributed by atoms with E-state index < -0.39 is 21.7 Å². The summed E-state index contributed by atoms with van der Waals surface area (Å²) in [6, 6.07) is 18.5. The molecule has 0 fully saturated rings. The lowest BCUT2D eigenvalue weighted by atomic mass is 10.0. The number of hydrogen-bond acceptors (Lipinski definition) is 6. The molecule has 3 aromatic carbocycles. The van der Waals surface area contributed by atoms with Crippen molar-refractivity contribution in [2.24, 2.45) is 7.05 Å². The van der Waals surface area contributed by atoms with Crippen LogP contribution in [-0.4, -0.2) is 51.3 Å². The topological polar surface area (TPSA) is 107 Å². The van der Waals surface area contributed by atoms with Gasteiger partial charge in [0.2, 0.25) is 10.0 Å². The number of ether oxygens (including phenoxy) is 1. The van der Waals surface area contributed by atoms with Crippen LogP contribution in [0, 0.1) is 11.6 Å². The van der Waals surface area contributed by atoms with Gasteiger partial charge in [-0.15, -0.1) is 0 Å². The number of amides is 1. The Morgan fingerprint density at radius 1 is 1.02 bits per heavy atom. The largest absolute Gasteiger partial charge is 0.494 e. The molecule has 1 N–H and O–H groups in total. The zero-order valence-electron chi connectivity index (χ0n) is 25.0. The summed E-state index contributed by atoms with van der Waals surface area (Å²) in [4.78, 5) is 18.1. The van der Waals surface area contributed by atoms with Gasteiger partial charge in [-0.2, -0.15) is 0 Å². The van der Waals surface area contributed by atoms with E-state index in [-0.39, 0.29) is 28.4 Å². The van der Waals surface area contributed by atoms with Crippen molar-refractivity contribution in [2.75, 3.05) is 31.8 Å². The minimum atomic E-state index is -3.77. The molecule has 3 aromatic heterocycles. The van der Waals surface area contributed by atoms with Gasteiger partial charge in [-0.3, -0.25) is 9.10 Å². The molecule has 230 valence electrons. The molecule has 1 amide bonds. The average Bonchev–Trinajstić information content (AvgIpc) is 3.57. The van der Waals surface area contributed by atoms with Crippen LogP contribution < -0.4 is 14.4 Å². The maximum Gasteiger partial charge on any atom is 0.255 e. The summed E-state index contributed by atoms with van der Waals surface area (Å²) < 4.78 is 68.7. The number of benzene rings is 3. The highest BCUT2D eigenvalue weighted by molar-refractivity contribution is 7.92. The number of rotatable bonds is 7. The maximum absolute atomic E-state index is 14.7. The van der Waals surface area contributed by atoms with Crippen LogP contribution in [0.2, 0.25) is 0 Å². The lowest BCUT2D eigenvalue weighted by Gasteiger charge is -2.21. The Morgan fingerprint density at radius 3 is 2.40 bits per heavy atom. The number of nitrogens with one attached hydrogen (secondary N) is 1. The van der Waals surface area contributed by atoms with Crippen molar-refractivity contribution < 1.29 is 31.1 Å². The Hall–Kier alpha value is -5.23. The van der Waals surface area contributed by atoms with Crippen molar-refractivity contribution >= 4 is 43.5 Å². The van der Waals surface area contributed by atoms with E-state index in [0.717, 1.165) is 10.6 Å². The smallest absolute Gasteiger partial charge is 0.255 e. The molecule has 0 unspecified atom stereocenters. The van der Waals surface area contributed by atoms with E-state index in [1.807, 2.05) is 0 Å². The van der Waals surface area contributed by atoms with Crippen LogP contribution in [-0.2, 0) is 17.1 Å². The molecule has 3 heterocycles. The van der Waals surface area contributed by atoms with E-state index >= 15 is 0 Å². The van der Waals surface area contributed by atoms with Crippen LogP contribution in [0.3, 0.4) is 0 Å². The summed E-state index contributed by atoms with van der Waals surface area (Å²) in [6.07, 6.45) is 1.07. The molecule has 0 radical (unpaired) electrons. The van der Waals surface area contributed by atoms with Gasteiger partial charge < -0.3 is 19.0 Å². The first kappa shape index (κ1) is 29.8. The van der Waals surface area contributed by atoms with Gasteiger partial charge in [0.1, 0.15) is 34.4 Å². The van der Waals surface area contributed by atoms with Crippen LogP contribution in [0.25, 0.3) is 55.8 Å². The number of pyridine rings is 1. The molecule has 12 heteroatoms. The Labute approximate surface area is 257 Å². The summed E-state index contributed by atoms with van der Waals surface area (Å²) in [5, 5.41) is 3.42. The molecular weight excluding hydrogens is 602 g/mol. The summed E-state index contributed by atoms with van der Waals surface area (Å²) >= 11 is 0. The fourth-order valence-corrected chi connectivity index (χ4v) is 5.94. The van der Waals surface area contributed by atoms with Gasteiger partial charge in [0.15, 0.2) is 0 Å². The summed E-state index contributed by atoms with van der Waals surface area (Å²) in [6.45, 7) is 0. The standard InChI is InChI=1S/C33H28F2N4O5S/c1-36-33(40)30-22-15-21(26(39(3)45(5,41)42)17-29(22)44-32(30)18-9-11-19(34)12-10-18)24-13-14-28(43-4)31(37-24)27-16-20-23(35)7-6-8-25(20)38(27)2/h6-17H,1-5H3,(H,36,40). The second kappa shape index (κ2) is 11.0. The zero-order valence-corrected chi connectivity index (χ0v) is 25.8. The average molecular weight is 631 g/mol. The van der Waals surface area contributed by atoms with Crippen molar-refractivity contribution in [2.45, 2.75) is 0 Å². The SMILES string of the molecule is CNC(=O)c1c(-c2ccc(F)cc2)oc2cc(N(C)S(C)(=O)=O)c(-c3ccc(OC)c(-c4cc5c(F)cccc5n4C)n3)cc12. The number of methoxy groups -OCH3 is 1. The zero-order chi connectivity index (χ0) is 32.2. The molecule has 0 aliphatic carbocycles. The number of aromatic nitrogens is 2. The fourth-order valence-electron chi connectivity index (χ4n) is 5.43. The van der Waals surface area contributed by atoms with Gasteiger partial charge in [-0.1, -0.05) is 6.07 Å². The Bertz CT molecular complexity index is 2240. The molecule has 9 nitrogen and oxygen atoms in total. The molecule has 0 atom stereocenters. The van der Waals surface area contributed by atoms with Gasteiger partial charge in [-0.25, -0.2) is 22.2 Å². The summed E-state index contributed by atoms with van der Waals surface area (Å²) in [5.74, 6) is -0.687. The predicted molar refractivity (Wildman–Crippen MR) is 170 cm³/mol. The number of halogens is 2. The van der Waals surface area contributed by atoms with E-state index in [0.29, 0.717) is 50.2 Å². The maximum atomic E-state index is 14.7. The number of carbonyl (C=O) groups is 1. The number of carbonyl (C=O) groups excluding carboxylic acids is 1. The molecule has 0 spiro atoms. The Balaban J connectivity index is 1.66. The highest BCUT2D eigenvalue weighted by Crippen LogP contribution is 2.42. The highest BCUT2D eigenvalue weighted by atomic mass is 32.2. The minimum absolute atomic E-state index is 0.187. The second-order valence-corrected chi connectivity index (χ2v) is 12.5. The van der Waals surface area contributed by atoms with Gasteiger partial charge >= 0.3 is 0 Å². The molecule has 6 rings (SSSR count). The number of sulfonamides is 1. The molecule has 6 aromatic rings. The van der Waals surface area contributed by atoms with Crippen LogP contribution in [0.1, 0.15) is 10.4 Å². The number of fused-ring (bicyclic) bond motifs is 2. The van der Waals surface area contributed by atoms with E-state index in [1.165, 1.54) is 57.6 Å². The van der Waals surface area contributed by atoms with Gasteiger partial charge in [0, 0.05) is 49.1 Å². The van der Waals surface area contributed by atoms with E-state index in [4.69, 9.17) is 14.1 Å². The van der Waals surface area contributed by atoms with Crippen LogP contribution in [0.4, 0.5) is 14.5 Å². The third-order valence-electron chi connectivity index (χ3n) is 7.83. The molecule has 0 saturated heterocycles. The number of furan rings is 1. The molecule has 0 saturated carbocycles. The van der Waals surface area contributed by atoms with Crippen molar-refractivity contribution in [1.29, 1.82) is 0 Å².